The largest absolute Gasteiger partial charge is 2.00 e. The Kier molecular flexibility index (Phi) is 22.2. The molecule has 0 radical (unpaired) electrons. The second kappa shape index (κ2) is 13.6. The van der Waals surface area contributed by atoms with E-state index in [0.29, 0.717) is 6.10 Å². The van der Waals surface area contributed by atoms with Gasteiger partial charge < -0.3 is 24.1 Å². The Morgan fingerprint density at radius 1 is 1.45 bits per heavy atom. The molecule has 64 valence electrons. The van der Waals surface area contributed by atoms with Gasteiger partial charge in [0.2, 0.25) is 0 Å². The molecule has 0 aromatic rings. The normalized spacial score (nSPS) is 11.2. The van der Waals surface area contributed by atoms with Crippen molar-refractivity contribution >= 4 is 23.1 Å². The van der Waals surface area contributed by atoms with Gasteiger partial charge in [-0.3, -0.25) is 0 Å². The van der Waals surface area contributed by atoms with E-state index in [1.54, 1.807) is 7.11 Å². The maximum Gasteiger partial charge on any atom is 2.00 e. The van der Waals surface area contributed by atoms with Crippen molar-refractivity contribution in [2.24, 2.45) is 0 Å². The average molecular weight is 189 g/mol. The Morgan fingerprint density at radius 2 is 2.00 bits per heavy atom. The van der Waals surface area contributed by atoms with Crippen molar-refractivity contribution in [3.05, 3.63) is 6.92 Å². The molecule has 0 aliphatic heterocycles. The fraction of sp³-hybridized carbons (Fsp3) is 0.875. The summed E-state index contributed by atoms with van der Waals surface area (Å²) in [5.74, 6) is 0. The fourth-order valence-electron chi connectivity index (χ4n) is 0.861. The maximum absolute atomic E-state index is 5.17. The molecule has 1 atom stereocenters. The van der Waals surface area contributed by atoms with Crippen molar-refractivity contribution in [1.29, 1.82) is 0 Å². The minimum atomic E-state index is 0. The number of hydrogen-bond acceptors (Lipinski definition) is 1. The second-order valence-corrected chi connectivity index (χ2v) is 2.26. The number of hydrogen-bond donors (Lipinski definition) is 0. The smallest absolute Gasteiger partial charge is 1.00 e. The second-order valence-electron chi connectivity index (χ2n) is 2.26. The van der Waals surface area contributed by atoms with Gasteiger partial charge in [0.1, 0.15) is 0 Å². The molecule has 0 aromatic carbocycles. The molecular formula is C8H17ClMgO. The number of rotatable bonds is 5. The number of halogens is 1. The standard InChI is InChI=1S/C8H17O.ClH.Mg/c1-4-6-7-8(5-2)9-3;;/h8H,1,4-7H2,2-3H3;1H;/q-1;;+2/p-1. The summed E-state index contributed by atoms with van der Waals surface area (Å²) in [5.41, 5.74) is 0. The van der Waals surface area contributed by atoms with E-state index in [9.17, 15) is 0 Å². The summed E-state index contributed by atoms with van der Waals surface area (Å²) in [5, 5.41) is 0. The topological polar surface area (TPSA) is 9.23 Å². The summed E-state index contributed by atoms with van der Waals surface area (Å²) in [4.78, 5) is 0. The van der Waals surface area contributed by atoms with Crippen molar-refractivity contribution in [2.75, 3.05) is 7.11 Å². The van der Waals surface area contributed by atoms with Crippen molar-refractivity contribution in [1.82, 2.24) is 0 Å². The van der Waals surface area contributed by atoms with Crippen LogP contribution in [-0.2, 0) is 4.74 Å². The molecule has 0 fully saturated rings. The van der Waals surface area contributed by atoms with Crippen molar-refractivity contribution in [3.63, 3.8) is 0 Å². The summed E-state index contributed by atoms with van der Waals surface area (Å²) in [6.45, 7) is 5.92. The van der Waals surface area contributed by atoms with Crippen LogP contribution in [0.2, 0.25) is 0 Å². The zero-order chi connectivity index (χ0) is 7.11. The Bertz CT molecular complexity index is 58.1. The van der Waals surface area contributed by atoms with Crippen LogP contribution in [0, 0.1) is 6.92 Å². The Balaban J connectivity index is -0.000000320. The molecule has 0 saturated heterocycles. The molecule has 0 saturated carbocycles. The van der Waals surface area contributed by atoms with Gasteiger partial charge in [0.05, 0.1) is 6.10 Å². The van der Waals surface area contributed by atoms with Crippen LogP contribution in [0.25, 0.3) is 0 Å². The van der Waals surface area contributed by atoms with Gasteiger partial charge in [-0.2, -0.15) is 6.42 Å². The van der Waals surface area contributed by atoms with Crippen molar-refractivity contribution in [3.8, 4) is 0 Å². The van der Waals surface area contributed by atoms with Crippen LogP contribution in [0.3, 0.4) is 0 Å². The van der Waals surface area contributed by atoms with Gasteiger partial charge in [-0.25, -0.2) is 0 Å². The average Bonchev–Trinajstić information content (AvgIpc) is 1.91. The van der Waals surface area contributed by atoms with Crippen LogP contribution in [-0.4, -0.2) is 36.3 Å². The third kappa shape index (κ3) is 11.0. The first-order valence-electron chi connectivity index (χ1n) is 3.67. The van der Waals surface area contributed by atoms with E-state index in [-0.39, 0.29) is 35.5 Å². The van der Waals surface area contributed by atoms with E-state index in [1.807, 2.05) is 0 Å². The molecule has 0 rings (SSSR count). The van der Waals surface area contributed by atoms with E-state index in [4.69, 9.17) is 4.74 Å². The first-order valence-corrected chi connectivity index (χ1v) is 3.67. The molecule has 0 spiro atoms. The Labute approximate surface area is 92.8 Å². The molecule has 1 unspecified atom stereocenters. The van der Waals surface area contributed by atoms with Crippen molar-refractivity contribution < 1.29 is 17.1 Å². The van der Waals surface area contributed by atoms with E-state index in [2.05, 4.69) is 13.8 Å². The number of ether oxygens (including phenoxy) is 1. The maximum atomic E-state index is 5.17. The third-order valence-electron chi connectivity index (χ3n) is 1.56. The molecular weight excluding hydrogens is 172 g/mol. The molecule has 1 nitrogen and oxygen atoms in total. The van der Waals surface area contributed by atoms with Crippen LogP contribution >= 0.6 is 0 Å². The Morgan fingerprint density at radius 3 is 2.27 bits per heavy atom. The van der Waals surface area contributed by atoms with Crippen LogP contribution in [0.15, 0.2) is 0 Å². The van der Waals surface area contributed by atoms with Gasteiger partial charge >= 0.3 is 23.1 Å². The zero-order valence-corrected chi connectivity index (χ0v) is 9.78. The fourth-order valence-corrected chi connectivity index (χ4v) is 0.861. The molecule has 0 N–H and O–H groups in total. The monoisotopic (exact) mass is 188 g/mol. The predicted molar refractivity (Wildman–Crippen MR) is 46.1 cm³/mol. The molecule has 0 heterocycles. The van der Waals surface area contributed by atoms with Gasteiger partial charge in [-0.1, -0.05) is 13.3 Å². The summed E-state index contributed by atoms with van der Waals surface area (Å²) in [6.07, 6.45) is 4.96. The van der Waals surface area contributed by atoms with Gasteiger partial charge in [0, 0.05) is 7.11 Å². The molecule has 0 bridgehead atoms. The SMILES string of the molecule is [CH2-]CCCC(CC)OC.[Cl-].[Mg+2]. The van der Waals surface area contributed by atoms with Crippen LogP contribution < -0.4 is 12.4 Å². The van der Waals surface area contributed by atoms with Gasteiger partial charge in [0.25, 0.3) is 0 Å². The van der Waals surface area contributed by atoms with E-state index in [0.717, 1.165) is 19.3 Å². The molecule has 0 amide bonds. The third-order valence-corrected chi connectivity index (χ3v) is 1.56. The van der Waals surface area contributed by atoms with Gasteiger partial charge in [0.15, 0.2) is 0 Å². The van der Waals surface area contributed by atoms with E-state index >= 15 is 0 Å². The summed E-state index contributed by atoms with van der Waals surface area (Å²) in [6, 6.07) is 0. The Hall–Kier alpha value is 1.02. The van der Waals surface area contributed by atoms with Gasteiger partial charge in [-0.05, 0) is 12.8 Å². The molecule has 0 aliphatic carbocycles. The first kappa shape index (κ1) is 17.9. The zero-order valence-electron chi connectivity index (χ0n) is 7.61. The minimum absolute atomic E-state index is 0. The molecule has 0 aromatic heterocycles. The summed E-state index contributed by atoms with van der Waals surface area (Å²) in [7, 11) is 1.78. The van der Waals surface area contributed by atoms with E-state index < -0.39 is 0 Å². The summed E-state index contributed by atoms with van der Waals surface area (Å²) < 4.78 is 5.17. The molecule has 0 aliphatic rings. The van der Waals surface area contributed by atoms with Crippen LogP contribution in [0.5, 0.6) is 0 Å². The molecule has 11 heavy (non-hydrogen) atoms. The van der Waals surface area contributed by atoms with Crippen LogP contribution in [0.4, 0.5) is 0 Å². The van der Waals surface area contributed by atoms with Crippen molar-refractivity contribution in [2.45, 2.75) is 38.7 Å². The number of methoxy groups -OCH3 is 1. The predicted octanol–water partition coefficient (Wildman–Crippen LogP) is -0.961. The first-order chi connectivity index (χ1) is 4.35. The van der Waals surface area contributed by atoms with Gasteiger partial charge in [-0.15, -0.1) is 0 Å². The summed E-state index contributed by atoms with van der Waals surface area (Å²) >= 11 is 0. The quantitative estimate of drug-likeness (QED) is 0.399. The minimum Gasteiger partial charge on any atom is -1.00 e. The van der Waals surface area contributed by atoms with E-state index in [1.165, 1.54) is 6.42 Å². The van der Waals surface area contributed by atoms with Crippen LogP contribution in [0.1, 0.15) is 32.6 Å². The molecule has 3 heteroatoms. The number of unbranched alkanes of at least 4 members (excludes halogenated alkanes) is 1.